The zero-order chi connectivity index (χ0) is 9.72. The van der Waals surface area contributed by atoms with Crippen LogP contribution in [0, 0.1) is 17.2 Å². The molecule has 2 N–H and O–H groups in total. The van der Waals surface area contributed by atoms with Gasteiger partial charge in [0.25, 0.3) is 0 Å². The Labute approximate surface area is 74.1 Å². The Kier molecular flexibility index (Phi) is 4.55. The molecule has 0 aromatic rings. The Morgan fingerprint density at radius 2 is 1.92 bits per heavy atom. The molecule has 70 valence electrons. The van der Waals surface area contributed by atoms with Gasteiger partial charge in [-0.15, -0.1) is 0 Å². The molecule has 0 bridgehead atoms. The summed E-state index contributed by atoms with van der Waals surface area (Å²) in [5, 5.41) is 9.98. The van der Waals surface area contributed by atoms with Gasteiger partial charge < -0.3 is 5.32 Å². The summed E-state index contributed by atoms with van der Waals surface area (Å²) in [4.78, 5) is 11.2. The molecule has 12 heavy (non-hydrogen) atoms. The summed E-state index contributed by atoms with van der Waals surface area (Å²) >= 11 is 0. The van der Waals surface area contributed by atoms with E-state index in [1.165, 1.54) is 0 Å². The summed E-state index contributed by atoms with van der Waals surface area (Å²) in [7, 11) is 0. The molecule has 0 rings (SSSR count). The fourth-order valence-corrected chi connectivity index (χ4v) is 0.586. The second-order valence-corrected chi connectivity index (χ2v) is 3.37. The molecule has 1 atom stereocenters. The van der Waals surface area contributed by atoms with E-state index in [1.54, 1.807) is 0 Å². The number of carbonyl (C=O) groups is 1. The third kappa shape index (κ3) is 3.51. The predicted octanol–water partition coefficient (Wildman–Crippen LogP) is 1.78. The van der Waals surface area contributed by atoms with Crippen LogP contribution in [0.2, 0.25) is 0 Å². The number of hydrogen-bond acceptors (Lipinski definition) is 2. The SMILES string of the molecule is CCC(C)C(=O)NC(=N)C(C)C. The average molecular weight is 170 g/mol. The van der Waals surface area contributed by atoms with Crippen LogP contribution in [0.15, 0.2) is 0 Å². The minimum absolute atomic E-state index is 0.00380. The lowest BCUT2D eigenvalue weighted by Crippen LogP contribution is -2.36. The van der Waals surface area contributed by atoms with E-state index in [0.717, 1.165) is 6.42 Å². The first-order chi connectivity index (χ1) is 5.49. The molecule has 0 heterocycles. The van der Waals surface area contributed by atoms with Gasteiger partial charge in [-0.25, -0.2) is 0 Å². The summed E-state index contributed by atoms with van der Waals surface area (Å²) < 4.78 is 0. The Balaban J connectivity index is 3.93. The highest BCUT2D eigenvalue weighted by Gasteiger charge is 2.12. The maximum absolute atomic E-state index is 11.2. The van der Waals surface area contributed by atoms with Gasteiger partial charge in [0.1, 0.15) is 5.84 Å². The minimum Gasteiger partial charge on any atom is -0.314 e. The van der Waals surface area contributed by atoms with Crippen LogP contribution >= 0.6 is 0 Å². The molecule has 0 aromatic carbocycles. The van der Waals surface area contributed by atoms with Crippen molar-refractivity contribution in [2.24, 2.45) is 11.8 Å². The van der Waals surface area contributed by atoms with E-state index in [1.807, 2.05) is 27.7 Å². The second-order valence-electron chi connectivity index (χ2n) is 3.37. The van der Waals surface area contributed by atoms with Gasteiger partial charge >= 0.3 is 0 Å². The number of nitrogens with one attached hydrogen (secondary N) is 2. The lowest BCUT2D eigenvalue weighted by Gasteiger charge is -2.12. The predicted molar refractivity (Wildman–Crippen MR) is 50.2 cm³/mol. The second kappa shape index (κ2) is 4.91. The standard InChI is InChI=1S/C9H18N2O/c1-5-7(4)9(12)11-8(10)6(2)3/h6-7H,5H2,1-4H3,(H2,10,11,12). The molecular formula is C9H18N2O. The van der Waals surface area contributed by atoms with E-state index in [4.69, 9.17) is 5.41 Å². The van der Waals surface area contributed by atoms with Crippen LogP contribution in [0.4, 0.5) is 0 Å². The van der Waals surface area contributed by atoms with Gasteiger partial charge in [-0.3, -0.25) is 10.2 Å². The third-order valence-electron chi connectivity index (χ3n) is 1.90. The average Bonchev–Trinajstić information content (AvgIpc) is 2.02. The first-order valence-electron chi connectivity index (χ1n) is 4.38. The highest BCUT2D eigenvalue weighted by molar-refractivity contribution is 5.98. The first-order valence-corrected chi connectivity index (χ1v) is 4.38. The van der Waals surface area contributed by atoms with E-state index in [2.05, 4.69) is 5.32 Å². The largest absolute Gasteiger partial charge is 0.314 e. The molecule has 0 aliphatic rings. The van der Waals surface area contributed by atoms with Gasteiger partial charge in [-0.2, -0.15) is 0 Å². The van der Waals surface area contributed by atoms with Crippen molar-refractivity contribution in [2.75, 3.05) is 0 Å². The first kappa shape index (κ1) is 11.1. The van der Waals surface area contributed by atoms with E-state index >= 15 is 0 Å². The van der Waals surface area contributed by atoms with Gasteiger partial charge in [0.2, 0.25) is 5.91 Å². The van der Waals surface area contributed by atoms with Crippen molar-refractivity contribution in [3.05, 3.63) is 0 Å². The van der Waals surface area contributed by atoms with Gasteiger partial charge in [0.15, 0.2) is 0 Å². The minimum atomic E-state index is -0.0452. The van der Waals surface area contributed by atoms with Gasteiger partial charge in [-0.05, 0) is 6.42 Å². The van der Waals surface area contributed by atoms with Gasteiger partial charge in [0.05, 0.1) is 0 Å². The Morgan fingerprint density at radius 1 is 1.42 bits per heavy atom. The van der Waals surface area contributed by atoms with Crippen molar-refractivity contribution in [1.82, 2.24) is 5.32 Å². The lowest BCUT2D eigenvalue weighted by molar-refractivity contribution is -0.123. The van der Waals surface area contributed by atoms with Crippen LogP contribution < -0.4 is 5.32 Å². The van der Waals surface area contributed by atoms with Crippen LogP contribution in [-0.2, 0) is 4.79 Å². The summed E-state index contributed by atoms with van der Waals surface area (Å²) in [6.07, 6.45) is 0.817. The monoisotopic (exact) mass is 170 g/mol. The van der Waals surface area contributed by atoms with E-state index < -0.39 is 0 Å². The van der Waals surface area contributed by atoms with Crippen molar-refractivity contribution < 1.29 is 4.79 Å². The molecule has 0 spiro atoms. The van der Waals surface area contributed by atoms with Crippen molar-refractivity contribution in [2.45, 2.75) is 34.1 Å². The zero-order valence-corrected chi connectivity index (χ0v) is 8.27. The molecule has 0 aliphatic carbocycles. The summed E-state index contributed by atoms with van der Waals surface area (Å²) in [5.41, 5.74) is 0. The van der Waals surface area contributed by atoms with Crippen molar-refractivity contribution in [1.29, 1.82) is 5.41 Å². The number of amidine groups is 1. The maximum atomic E-state index is 11.2. The zero-order valence-electron chi connectivity index (χ0n) is 8.27. The molecule has 0 radical (unpaired) electrons. The van der Waals surface area contributed by atoms with Crippen molar-refractivity contribution in [3.8, 4) is 0 Å². The smallest absolute Gasteiger partial charge is 0.228 e. The van der Waals surface area contributed by atoms with E-state index in [9.17, 15) is 4.79 Å². The van der Waals surface area contributed by atoms with Gasteiger partial charge in [0, 0.05) is 11.8 Å². The fraction of sp³-hybridized carbons (Fsp3) is 0.778. The lowest BCUT2D eigenvalue weighted by atomic mass is 10.1. The molecule has 1 amide bonds. The summed E-state index contributed by atoms with van der Waals surface area (Å²) in [5.74, 6) is 0.360. The van der Waals surface area contributed by atoms with E-state index in [-0.39, 0.29) is 17.7 Å². The molecule has 0 fully saturated rings. The van der Waals surface area contributed by atoms with Crippen LogP contribution in [0.1, 0.15) is 34.1 Å². The normalized spacial score (nSPS) is 12.8. The summed E-state index contributed by atoms with van der Waals surface area (Å²) in [6.45, 7) is 7.60. The molecule has 3 nitrogen and oxygen atoms in total. The summed E-state index contributed by atoms with van der Waals surface area (Å²) in [6, 6.07) is 0. The molecule has 0 saturated carbocycles. The van der Waals surface area contributed by atoms with Crippen LogP contribution in [0.25, 0.3) is 0 Å². The quantitative estimate of drug-likeness (QED) is 0.492. The number of rotatable bonds is 3. The topological polar surface area (TPSA) is 53.0 Å². The molecule has 3 heteroatoms. The van der Waals surface area contributed by atoms with E-state index in [0.29, 0.717) is 5.84 Å². The molecule has 1 unspecified atom stereocenters. The molecule has 0 aromatic heterocycles. The number of carbonyl (C=O) groups excluding carboxylic acids is 1. The molecule has 0 aliphatic heterocycles. The molecule has 0 saturated heterocycles. The van der Waals surface area contributed by atoms with Crippen LogP contribution in [0.3, 0.4) is 0 Å². The highest BCUT2D eigenvalue weighted by atomic mass is 16.1. The van der Waals surface area contributed by atoms with Crippen LogP contribution in [0.5, 0.6) is 0 Å². The Morgan fingerprint density at radius 3 is 2.25 bits per heavy atom. The van der Waals surface area contributed by atoms with Crippen molar-refractivity contribution >= 4 is 11.7 Å². The molecular weight excluding hydrogens is 152 g/mol. The number of hydrogen-bond donors (Lipinski definition) is 2. The van der Waals surface area contributed by atoms with Crippen molar-refractivity contribution in [3.63, 3.8) is 0 Å². The van der Waals surface area contributed by atoms with Gasteiger partial charge in [-0.1, -0.05) is 27.7 Å². The maximum Gasteiger partial charge on any atom is 0.228 e. The fourth-order valence-electron chi connectivity index (χ4n) is 0.586. The Hall–Kier alpha value is -0.860. The van der Waals surface area contributed by atoms with Crippen LogP contribution in [-0.4, -0.2) is 11.7 Å². The highest BCUT2D eigenvalue weighted by Crippen LogP contribution is 2.01. The Bertz CT molecular complexity index is 175. The third-order valence-corrected chi connectivity index (χ3v) is 1.90. The number of amides is 1.